The molecule has 3 heterocycles. The zero-order chi connectivity index (χ0) is 15.8. The normalized spacial score (nSPS) is 21.8. The summed E-state index contributed by atoms with van der Waals surface area (Å²) in [5, 5.41) is 14.6. The molecule has 1 aliphatic rings. The minimum atomic E-state index is -0.255. The van der Waals surface area contributed by atoms with Crippen LogP contribution in [-0.2, 0) is 0 Å². The van der Waals surface area contributed by atoms with Crippen molar-refractivity contribution in [2.45, 2.75) is 25.0 Å². The number of hydrogen-bond acceptors (Lipinski definition) is 5. The number of imidazole rings is 1. The highest BCUT2D eigenvalue weighted by Crippen LogP contribution is 2.39. The molecule has 1 amide bonds. The maximum atomic E-state index is 12.6. The number of nitrogens with one attached hydrogen (secondary N) is 2. The number of pyridine rings is 1. The summed E-state index contributed by atoms with van der Waals surface area (Å²) >= 11 is 1.61. The molecule has 3 N–H and O–H groups in total. The van der Waals surface area contributed by atoms with Crippen molar-refractivity contribution in [1.82, 2.24) is 20.3 Å². The number of thiophene rings is 1. The summed E-state index contributed by atoms with van der Waals surface area (Å²) in [5.41, 5.74) is 1.27. The number of carbonyl (C=O) groups is 1. The maximum absolute atomic E-state index is 12.6. The lowest BCUT2D eigenvalue weighted by atomic mass is 9.77. The van der Waals surface area contributed by atoms with Gasteiger partial charge in [0.2, 0.25) is 0 Å². The second kappa shape index (κ2) is 5.75. The minimum Gasteiger partial charge on any atom is -0.393 e. The van der Waals surface area contributed by atoms with Gasteiger partial charge in [-0.15, -0.1) is 11.3 Å². The Bertz CT molecular complexity index is 791. The van der Waals surface area contributed by atoms with Crippen molar-refractivity contribution in [2.75, 3.05) is 0 Å². The number of nitrogens with zero attached hydrogens (tertiary/aromatic N) is 2. The Hall–Kier alpha value is -2.25. The van der Waals surface area contributed by atoms with Crippen molar-refractivity contribution < 1.29 is 9.90 Å². The van der Waals surface area contributed by atoms with Crippen LogP contribution in [0.15, 0.2) is 35.8 Å². The van der Waals surface area contributed by atoms with Gasteiger partial charge in [-0.1, -0.05) is 6.07 Å². The van der Waals surface area contributed by atoms with Gasteiger partial charge in [0.15, 0.2) is 11.5 Å². The number of hydrogen-bond donors (Lipinski definition) is 3. The number of aromatic nitrogens is 3. The number of aromatic amines is 1. The van der Waals surface area contributed by atoms with E-state index >= 15 is 0 Å². The Morgan fingerprint density at radius 3 is 2.96 bits per heavy atom. The van der Waals surface area contributed by atoms with E-state index in [1.807, 2.05) is 23.6 Å². The van der Waals surface area contributed by atoms with Crippen LogP contribution in [0.25, 0.3) is 11.2 Å². The zero-order valence-corrected chi connectivity index (χ0v) is 13.1. The standard InChI is InChI=1S/C16H16N4O2S/c21-10-7-9(8-10)13(12-4-2-6-23-12)19-16(22)15-18-11-3-1-5-17-14(11)20-15/h1-6,9-10,13,21H,7-8H2,(H,19,22)(H,17,18,20)/t9?,10?,13-/m0/s1. The Morgan fingerprint density at radius 2 is 2.26 bits per heavy atom. The minimum absolute atomic E-state index is 0.0907. The molecule has 6 nitrogen and oxygen atoms in total. The van der Waals surface area contributed by atoms with Gasteiger partial charge < -0.3 is 15.4 Å². The van der Waals surface area contributed by atoms with Crippen molar-refractivity contribution >= 4 is 28.4 Å². The van der Waals surface area contributed by atoms with E-state index in [0.717, 1.165) is 10.4 Å². The van der Waals surface area contributed by atoms with Gasteiger partial charge in [0.25, 0.3) is 5.91 Å². The van der Waals surface area contributed by atoms with Gasteiger partial charge in [-0.2, -0.15) is 0 Å². The molecule has 1 aliphatic carbocycles. The number of aliphatic hydroxyl groups is 1. The molecule has 0 saturated heterocycles. The highest BCUT2D eigenvalue weighted by atomic mass is 32.1. The molecule has 7 heteroatoms. The third-order valence-corrected chi connectivity index (χ3v) is 5.19. The average molecular weight is 328 g/mol. The highest BCUT2D eigenvalue weighted by Gasteiger charge is 2.36. The first-order valence-corrected chi connectivity index (χ1v) is 8.42. The van der Waals surface area contributed by atoms with E-state index in [9.17, 15) is 9.90 Å². The third kappa shape index (κ3) is 2.73. The first-order valence-electron chi connectivity index (χ1n) is 7.54. The second-order valence-corrected chi connectivity index (χ2v) is 6.79. The van der Waals surface area contributed by atoms with Crippen molar-refractivity contribution in [2.24, 2.45) is 5.92 Å². The smallest absolute Gasteiger partial charge is 0.287 e. The predicted octanol–water partition coefficient (Wildman–Crippen LogP) is 2.26. The van der Waals surface area contributed by atoms with Crippen LogP contribution in [0.1, 0.15) is 34.4 Å². The lowest BCUT2D eigenvalue weighted by molar-refractivity contribution is 0.0240. The van der Waals surface area contributed by atoms with E-state index in [0.29, 0.717) is 18.5 Å². The largest absolute Gasteiger partial charge is 0.393 e. The van der Waals surface area contributed by atoms with E-state index in [2.05, 4.69) is 20.3 Å². The Kier molecular flexibility index (Phi) is 3.59. The molecule has 118 valence electrons. The molecule has 0 bridgehead atoms. The lowest BCUT2D eigenvalue weighted by Crippen LogP contribution is -2.41. The summed E-state index contributed by atoms with van der Waals surface area (Å²) < 4.78 is 0. The summed E-state index contributed by atoms with van der Waals surface area (Å²) in [5.74, 6) is 0.276. The number of amides is 1. The van der Waals surface area contributed by atoms with E-state index in [1.165, 1.54) is 0 Å². The fourth-order valence-corrected chi connectivity index (χ4v) is 3.82. The maximum Gasteiger partial charge on any atom is 0.287 e. The SMILES string of the molecule is O=C(N[C@H](c1cccs1)C1CC(O)C1)c1nc2ncccc2[nH]1. The first-order chi connectivity index (χ1) is 11.2. The molecular weight excluding hydrogens is 312 g/mol. The first kappa shape index (κ1) is 14.3. The summed E-state index contributed by atoms with van der Waals surface area (Å²) in [7, 11) is 0. The van der Waals surface area contributed by atoms with E-state index < -0.39 is 0 Å². The molecule has 1 saturated carbocycles. The molecule has 23 heavy (non-hydrogen) atoms. The van der Waals surface area contributed by atoms with Crippen LogP contribution in [0, 0.1) is 5.92 Å². The van der Waals surface area contributed by atoms with Gasteiger partial charge in [0.1, 0.15) is 0 Å². The van der Waals surface area contributed by atoms with Crippen molar-refractivity contribution in [3.8, 4) is 0 Å². The van der Waals surface area contributed by atoms with Gasteiger partial charge in [0, 0.05) is 11.1 Å². The average Bonchev–Trinajstić information content (AvgIpc) is 3.18. The number of H-pyrrole nitrogens is 1. The molecule has 0 aliphatic heterocycles. The topological polar surface area (TPSA) is 90.9 Å². The van der Waals surface area contributed by atoms with Crippen LogP contribution in [0.3, 0.4) is 0 Å². The van der Waals surface area contributed by atoms with Crippen LogP contribution in [0.4, 0.5) is 0 Å². The molecule has 0 radical (unpaired) electrons. The Morgan fingerprint density at radius 1 is 1.39 bits per heavy atom. The van der Waals surface area contributed by atoms with Crippen molar-refractivity contribution in [3.05, 3.63) is 46.5 Å². The van der Waals surface area contributed by atoms with E-state index in [-0.39, 0.29) is 29.8 Å². The fraction of sp³-hybridized carbons (Fsp3) is 0.312. The van der Waals surface area contributed by atoms with Crippen molar-refractivity contribution in [1.29, 1.82) is 0 Å². The number of carbonyl (C=O) groups excluding carboxylic acids is 1. The van der Waals surface area contributed by atoms with Crippen molar-refractivity contribution in [3.63, 3.8) is 0 Å². The van der Waals surface area contributed by atoms with Gasteiger partial charge in [-0.3, -0.25) is 4.79 Å². The number of rotatable bonds is 4. The van der Waals surface area contributed by atoms with Crippen LogP contribution in [0.2, 0.25) is 0 Å². The molecule has 0 spiro atoms. The van der Waals surface area contributed by atoms with Crippen LogP contribution in [-0.4, -0.2) is 32.1 Å². The summed E-state index contributed by atoms with van der Waals surface area (Å²) in [4.78, 5) is 25.0. The van der Waals surface area contributed by atoms with E-state index in [4.69, 9.17) is 0 Å². The van der Waals surface area contributed by atoms with Gasteiger partial charge >= 0.3 is 0 Å². The highest BCUT2D eigenvalue weighted by molar-refractivity contribution is 7.10. The predicted molar refractivity (Wildman–Crippen MR) is 87.1 cm³/mol. The summed E-state index contributed by atoms with van der Waals surface area (Å²) in [6.45, 7) is 0. The molecule has 0 aromatic carbocycles. The number of fused-ring (bicyclic) bond motifs is 1. The third-order valence-electron chi connectivity index (χ3n) is 4.23. The molecule has 3 aromatic rings. The van der Waals surface area contributed by atoms with Crippen LogP contribution < -0.4 is 5.32 Å². The van der Waals surface area contributed by atoms with Gasteiger partial charge in [0.05, 0.1) is 17.7 Å². The Balaban J connectivity index is 1.57. The van der Waals surface area contributed by atoms with Crippen LogP contribution >= 0.6 is 11.3 Å². The second-order valence-electron chi connectivity index (χ2n) is 5.81. The monoisotopic (exact) mass is 328 g/mol. The quantitative estimate of drug-likeness (QED) is 0.685. The van der Waals surface area contributed by atoms with Crippen LogP contribution in [0.5, 0.6) is 0 Å². The number of aliphatic hydroxyl groups excluding tert-OH is 1. The molecular formula is C16H16N4O2S. The van der Waals surface area contributed by atoms with Gasteiger partial charge in [-0.25, -0.2) is 9.97 Å². The fourth-order valence-electron chi connectivity index (χ4n) is 2.95. The molecule has 3 aromatic heterocycles. The Labute approximate surface area is 136 Å². The summed E-state index contributed by atoms with van der Waals surface area (Å²) in [6, 6.07) is 7.53. The zero-order valence-electron chi connectivity index (χ0n) is 12.3. The molecule has 0 unspecified atom stereocenters. The molecule has 4 rings (SSSR count). The molecule has 1 atom stereocenters. The van der Waals surface area contributed by atoms with Gasteiger partial charge in [-0.05, 0) is 42.3 Å². The summed E-state index contributed by atoms with van der Waals surface area (Å²) in [6.07, 6.45) is 2.82. The lowest BCUT2D eigenvalue weighted by Gasteiger charge is -2.37. The molecule has 1 fully saturated rings. The van der Waals surface area contributed by atoms with E-state index in [1.54, 1.807) is 23.6 Å².